The van der Waals surface area contributed by atoms with Gasteiger partial charge < -0.3 is 10.1 Å². The van der Waals surface area contributed by atoms with Crippen molar-refractivity contribution in [1.82, 2.24) is 0 Å². The van der Waals surface area contributed by atoms with Crippen molar-refractivity contribution in [2.24, 2.45) is 0 Å². The highest BCUT2D eigenvalue weighted by atomic mass is 16.5. The normalized spacial score (nSPS) is 11.6. The van der Waals surface area contributed by atoms with Gasteiger partial charge in [0, 0.05) is 7.11 Å². The maximum atomic E-state index is 9.11. The van der Waals surface area contributed by atoms with Crippen molar-refractivity contribution in [2.75, 3.05) is 19.0 Å². The minimum atomic E-state index is 0.0284. The van der Waals surface area contributed by atoms with Crippen molar-refractivity contribution in [3.05, 3.63) is 65.7 Å². The first-order chi connectivity index (χ1) is 9.35. The molecule has 0 aromatic heterocycles. The van der Waals surface area contributed by atoms with E-state index in [1.54, 1.807) is 13.2 Å². The molecular weight excluding hydrogens is 236 g/mol. The number of para-hydroxylation sites is 1. The standard InChI is InChI=1S/C16H16N2O/c1-19-12-16(13-7-3-2-4-8-13)18-15-10-6-5-9-14(15)11-17/h2-10,16,18H,12H2,1H3. The SMILES string of the molecule is COCC(Nc1ccccc1C#N)c1ccccc1. The summed E-state index contributed by atoms with van der Waals surface area (Å²) in [5.74, 6) is 0. The molecule has 0 aliphatic heterocycles. The van der Waals surface area contributed by atoms with E-state index >= 15 is 0 Å². The fourth-order valence-electron chi connectivity index (χ4n) is 1.97. The number of nitriles is 1. The smallest absolute Gasteiger partial charge is 0.101 e. The Balaban J connectivity index is 2.24. The third-order valence-corrected chi connectivity index (χ3v) is 2.91. The van der Waals surface area contributed by atoms with Gasteiger partial charge in [0.1, 0.15) is 6.07 Å². The first kappa shape index (κ1) is 13.1. The minimum absolute atomic E-state index is 0.0284. The molecule has 0 fully saturated rings. The summed E-state index contributed by atoms with van der Waals surface area (Å²) in [6, 6.07) is 19.8. The molecule has 0 spiro atoms. The van der Waals surface area contributed by atoms with E-state index < -0.39 is 0 Å². The lowest BCUT2D eigenvalue weighted by molar-refractivity contribution is 0.186. The molecule has 3 nitrogen and oxygen atoms in total. The Morgan fingerprint density at radius 2 is 1.79 bits per heavy atom. The predicted octanol–water partition coefficient (Wildman–Crippen LogP) is 3.36. The highest BCUT2D eigenvalue weighted by Crippen LogP contribution is 2.22. The summed E-state index contributed by atoms with van der Waals surface area (Å²) in [7, 11) is 1.67. The molecule has 0 aliphatic carbocycles. The van der Waals surface area contributed by atoms with Gasteiger partial charge in [0.05, 0.1) is 23.9 Å². The lowest BCUT2D eigenvalue weighted by Crippen LogP contribution is -2.16. The molecule has 0 radical (unpaired) electrons. The highest BCUT2D eigenvalue weighted by molar-refractivity contribution is 5.58. The van der Waals surface area contributed by atoms with Crippen LogP contribution in [0.2, 0.25) is 0 Å². The van der Waals surface area contributed by atoms with Crippen LogP contribution >= 0.6 is 0 Å². The quantitative estimate of drug-likeness (QED) is 0.887. The van der Waals surface area contributed by atoms with Crippen LogP contribution in [0.15, 0.2) is 54.6 Å². The molecule has 0 saturated heterocycles. The number of hydrogen-bond donors (Lipinski definition) is 1. The molecule has 96 valence electrons. The lowest BCUT2D eigenvalue weighted by atomic mass is 10.1. The van der Waals surface area contributed by atoms with Crippen molar-refractivity contribution >= 4 is 5.69 Å². The molecule has 1 unspecified atom stereocenters. The van der Waals surface area contributed by atoms with Crippen LogP contribution in [0.3, 0.4) is 0 Å². The Morgan fingerprint density at radius 1 is 1.11 bits per heavy atom. The number of nitrogens with one attached hydrogen (secondary N) is 1. The average Bonchev–Trinajstić information content (AvgIpc) is 2.48. The largest absolute Gasteiger partial charge is 0.382 e. The predicted molar refractivity (Wildman–Crippen MR) is 75.8 cm³/mol. The van der Waals surface area contributed by atoms with Crippen molar-refractivity contribution in [3.8, 4) is 6.07 Å². The second kappa shape index (κ2) is 6.58. The van der Waals surface area contributed by atoms with Crippen molar-refractivity contribution in [1.29, 1.82) is 5.26 Å². The number of benzene rings is 2. The first-order valence-electron chi connectivity index (χ1n) is 6.14. The Morgan fingerprint density at radius 3 is 2.47 bits per heavy atom. The zero-order valence-corrected chi connectivity index (χ0v) is 10.8. The van der Waals surface area contributed by atoms with E-state index in [0.717, 1.165) is 11.3 Å². The van der Waals surface area contributed by atoms with E-state index in [4.69, 9.17) is 10.00 Å². The number of nitrogens with zero attached hydrogens (tertiary/aromatic N) is 1. The van der Waals surface area contributed by atoms with E-state index in [-0.39, 0.29) is 6.04 Å². The Labute approximate surface area is 113 Å². The summed E-state index contributed by atoms with van der Waals surface area (Å²) >= 11 is 0. The highest BCUT2D eigenvalue weighted by Gasteiger charge is 2.12. The fraction of sp³-hybridized carbons (Fsp3) is 0.188. The van der Waals surface area contributed by atoms with Crippen LogP contribution in [-0.2, 0) is 4.74 Å². The molecule has 3 heteroatoms. The second-order valence-electron chi connectivity index (χ2n) is 4.22. The molecule has 0 aliphatic rings. The molecule has 0 heterocycles. The number of hydrogen-bond acceptors (Lipinski definition) is 3. The topological polar surface area (TPSA) is 45.0 Å². The van der Waals surface area contributed by atoms with Gasteiger partial charge in [-0.2, -0.15) is 5.26 Å². The summed E-state index contributed by atoms with van der Waals surface area (Å²) in [6.07, 6.45) is 0. The van der Waals surface area contributed by atoms with E-state index in [0.29, 0.717) is 12.2 Å². The Kier molecular flexibility index (Phi) is 4.54. The Bertz CT molecular complexity index is 560. The molecule has 0 saturated carbocycles. The monoisotopic (exact) mass is 252 g/mol. The molecule has 2 aromatic carbocycles. The number of anilines is 1. The molecular formula is C16H16N2O. The molecule has 1 N–H and O–H groups in total. The van der Waals surface area contributed by atoms with Gasteiger partial charge in [-0.3, -0.25) is 0 Å². The van der Waals surface area contributed by atoms with Crippen molar-refractivity contribution in [3.63, 3.8) is 0 Å². The van der Waals surface area contributed by atoms with Crippen LogP contribution in [0, 0.1) is 11.3 Å². The van der Waals surface area contributed by atoms with Gasteiger partial charge in [0.15, 0.2) is 0 Å². The van der Waals surface area contributed by atoms with Crippen molar-refractivity contribution < 1.29 is 4.74 Å². The number of rotatable bonds is 5. The van der Waals surface area contributed by atoms with E-state index in [1.807, 2.05) is 48.5 Å². The average molecular weight is 252 g/mol. The van der Waals surface area contributed by atoms with Crippen LogP contribution < -0.4 is 5.32 Å². The van der Waals surface area contributed by atoms with Gasteiger partial charge in [0.2, 0.25) is 0 Å². The maximum absolute atomic E-state index is 9.11. The van der Waals surface area contributed by atoms with Crippen LogP contribution in [0.4, 0.5) is 5.69 Å². The van der Waals surface area contributed by atoms with E-state index in [2.05, 4.69) is 11.4 Å². The molecule has 1 atom stereocenters. The third kappa shape index (κ3) is 3.34. The minimum Gasteiger partial charge on any atom is -0.382 e. The van der Waals surface area contributed by atoms with Gasteiger partial charge in [-0.1, -0.05) is 42.5 Å². The van der Waals surface area contributed by atoms with Gasteiger partial charge in [-0.05, 0) is 17.7 Å². The van der Waals surface area contributed by atoms with Crippen LogP contribution in [-0.4, -0.2) is 13.7 Å². The number of methoxy groups -OCH3 is 1. The van der Waals surface area contributed by atoms with Crippen LogP contribution in [0.5, 0.6) is 0 Å². The summed E-state index contributed by atoms with van der Waals surface area (Å²) in [6.45, 7) is 0.545. The van der Waals surface area contributed by atoms with Crippen LogP contribution in [0.1, 0.15) is 17.2 Å². The third-order valence-electron chi connectivity index (χ3n) is 2.91. The zero-order valence-electron chi connectivity index (χ0n) is 10.8. The second-order valence-corrected chi connectivity index (χ2v) is 4.22. The fourth-order valence-corrected chi connectivity index (χ4v) is 1.97. The molecule has 0 bridgehead atoms. The van der Waals surface area contributed by atoms with Crippen LogP contribution in [0.25, 0.3) is 0 Å². The molecule has 0 amide bonds. The summed E-state index contributed by atoms with van der Waals surface area (Å²) < 4.78 is 5.26. The molecule has 19 heavy (non-hydrogen) atoms. The van der Waals surface area contributed by atoms with Gasteiger partial charge in [0.25, 0.3) is 0 Å². The van der Waals surface area contributed by atoms with Crippen molar-refractivity contribution in [2.45, 2.75) is 6.04 Å². The van der Waals surface area contributed by atoms with E-state index in [9.17, 15) is 0 Å². The molecule has 2 rings (SSSR count). The summed E-state index contributed by atoms with van der Waals surface area (Å²) in [4.78, 5) is 0. The number of ether oxygens (including phenoxy) is 1. The van der Waals surface area contributed by atoms with E-state index in [1.165, 1.54) is 0 Å². The first-order valence-corrected chi connectivity index (χ1v) is 6.14. The summed E-state index contributed by atoms with van der Waals surface area (Å²) in [5, 5.41) is 12.5. The summed E-state index contributed by atoms with van der Waals surface area (Å²) in [5.41, 5.74) is 2.60. The van der Waals surface area contributed by atoms with Gasteiger partial charge >= 0.3 is 0 Å². The lowest BCUT2D eigenvalue weighted by Gasteiger charge is -2.20. The maximum Gasteiger partial charge on any atom is 0.101 e. The Hall–Kier alpha value is -2.31. The molecule has 2 aromatic rings. The van der Waals surface area contributed by atoms with Gasteiger partial charge in [-0.25, -0.2) is 0 Å². The van der Waals surface area contributed by atoms with Gasteiger partial charge in [-0.15, -0.1) is 0 Å². The zero-order chi connectivity index (χ0) is 13.5.